The van der Waals surface area contributed by atoms with Crippen LogP contribution in [0.3, 0.4) is 0 Å². The molecule has 0 bridgehead atoms. The zero-order chi connectivity index (χ0) is 26.3. The van der Waals surface area contributed by atoms with Crippen LogP contribution in [0.15, 0.2) is 103 Å². The molecule has 0 N–H and O–H groups in total. The van der Waals surface area contributed by atoms with E-state index in [1.165, 1.54) is 65.7 Å². The maximum atomic E-state index is 9.75. The van der Waals surface area contributed by atoms with Crippen molar-refractivity contribution >= 4 is 7.25 Å². The highest BCUT2D eigenvalue weighted by atomic mass is 19.5. The summed E-state index contributed by atoms with van der Waals surface area (Å²) in [5.74, 6) is 0.723. The lowest BCUT2D eigenvalue weighted by Gasteiger charge is -2.27. The Balaban J connectivity index is 0.000000586. The highest BCUT2D eigenvalue weighted by Crippen LogP contribution is 2.35. The minimum Gasteiger partial charge on any atom is -0.418 e. The van der Waals surface area contributed by atoms with Gasteiger partial charge in [-0.3, -0.25) is 0 Å². The minimum absolute atomic E-state index is 0.450. The van der Waals surface area contributed by atoms with Gasteiger partial charge in [-0.05, 0) is 55.2 Å². The van der Waals surface area contributed by atoms with Gasteiger partial charge in [0.1, 0.15) is 0 Å². The van der Waals surface area contributed by atoms with Crippen molar-refractivity contribution in [3.63, 3.8) is 0 Å². The van der Waals surface area contributed by atoms with E-state index in [-0.39, 0.29) is 0 Å². The maximum Gasteiger partial charge on any atom is 0.673 e. The van der Waals surface area contributed by atoms with Crippen molar-refractivity contribution in [2.75, 3.05) is 0 Å². The Hall–Kier alpha value is -3.41. The summed E-state index contributed by atoms with van der Waals surface area (Å²) in [5, 5.41) is 0. The average molecular weight is 505 g/mol. The van der Waals surface area contributed by atoms with Gasteiger partial charge < -0.3 is 17.3 Å². The first-order valence-corrected chi connectivity index (χ1v) is 12.9. The zero-order valence-corrected chi connectivity index (χ0v) is 21.0. The summed E-state index contributed by atoms with van der Waals surface area (Å²) >= 11 is 0. The lowest BCUT2D eigenvalue weighted by Crippen LogP contribution is -2.46. The number of pyridine rings is 1. The van der Waals surface area contributed by atoms with Crippen LogP contribution < -0.4 is 4.57 Å². The van der Waals surface area contributed by atoms with Crippen LogP contribution in [0.4, 0.5) is 17.3 Å². The van der Waals surface area contributed by atoms with E-state index in [1.54, 1.807) is 0 Å². The van der Waals surface area contributed by atoms with Gasteiger partial charge in [0.25, 0.3) is 0 Å². The molecule has 0 amide bonds. The Morgan fingerprint density at radius 3 is 1.38 bits per heavy atom. The normalized spacial score (nSPS) is 14.9. The highest BCUT2D eigenvalue weighted by molar-refractivity contribution is 6.50. The standard InChI is InChI=1S/C31H32N.BF4/c1-24(25-14-6-2-7-15-25)32-30(27-18-10-4-11-19-27)22-29(26-16-8-3-9-17-26)23-31(32)28-20-12-5-13-21-28;2-1(3,4)5/h3-5,8-13,16-25H,2,6-7,14-15H2,1H3;/q+1;-1/t24-;/m1./s1. The molecule has 1 atom stereocenters. The van der Waals surface area contributed by atoms with Crippen LogP contribution in [-0.4, -0.2) is 7.25 Å². The third-order valence-corrected chi connectivity index (χ3v) is 7.09. The highest BCUT2D eigenvalue weighted by Gasteiger charge is 2.33. The van der Waals surface area contributed by atoms with Crippen LogP contribution >= 0.6 is 0 Å². The molecule has 1 aliphatic rings. The van der Waals surface area contributed by atoms with Gasteiger partial charge in [0.2, 0.25) is 11.4 Å². The van der Waals surface area contributed by atoms with Crippen molar-refractivity contribution in [1.29, 1.82) is 0 Å². The Morgan fingerprint density at radius 1 is 0.595 bits per heavy atom. The minimum atomic E-state index is -6.00. The van der Waals surface area contributed by atoms with Crippen molar-refractivity contribution in [3.05, 3.63) is 103 Å². The average Bonchev–Trinajstić information content (AvgIpc) is 2.93. The molecule has 192 valence electrons. The molecule has 1 aliphatic carbocycles. The zero-order valence-electron chi connectivity index (χ0n) is 21.0. The first kappa shape index (κ1) is 26.7. The van der Waals surface area contributed by atoms with Crippen LogP contribution in [0.5, 0.6) is 0 Å². The first-order valence-electron chi connectivity index (χ1n) is 12.9. The molecule has 5 rings (SSSR count). The van der Waals surface area contributed by atoms with Crippen molar-refractivity contribution in [2.45, 2.75) is 45.1 Å². The number of hydrogen-bond acceptors (Lipinski definition) is 0. The maximum absolute atomic E-state index is 9.75. The number of benzene rings is 3. The fourth-order valence-corrected chi connectivity index (χ4v) is 5.33. The number of hydrogen-bond donors (Lipinski definition) is 0. The van der Waals surface area contributed by atoms with E-state index in [0.717, 1.165) is 5.92 Å². The second-order valence-corrected chi connectivity index (χ2v) is 9.62. The summed E-state index contributed by atoms with van der Waals surface area (Å²) < 4.78 is 41.6. The predicted molar refractivity (Wildman–Crippen MR) is 144 cm³/mol. The Labute approximate surface area is 216 Å². The lowest BCUT2D eigenvalue weighted by atomic mass is 9.83. The molecule has 0 saturated heterocycles. The van der Waals surface area contributed by atoms with E-state index in [1.807, 2.05) is 0 Å². The molecule has 4 aromatic rings. The molecule has 1 heterocycles. The third kappa shape index (κ3) is 7.31. The Bertz CT molecular complexity index is 1190. The van der Waals surface area contributed by atoms with Crippen molar-refractivity contribution in [2.24, 2.45) is 5.92 Å². The SMILES string of the molecule is C[C@H](C1CCCCC1)[n+]1c(-c2ccccc2)cc(-c2ccccc2)cc1-c1ccccc1.F[B-](F)(F)F. The fraction of sp³-hybridized carbons (Fsp3) is 0.258. The van der Waals surface area contributed by atoms with Crippen LogP contribution in [0.2, 0.25) is 0 Å². The van der Waals surface area contributed by atoms with E-state index in [0.29, 0.717) is 6.04 Å². The van der Waals surface area contributed by atoms with Gasteiger partial charge in [0, 0.05) is 29.2 Å². The molecular formula is C31H32BF4N. The number of rotatable bonds is 5. The molecule has 0 radical (unpaired) electrons. The second kappa shape index (κ2) is 12.2. The number of aromatic nitrogens is 1. The van der Waals surface area contributed by atoms with Crippen LogP contribution in [0, 0.1) is 5.92 Å². The van der Waals surface area contributed by atoms with Crippen molar-refractivity contribution < 1.29 is 21.8 Å². The number of nitrogens with zero attached hydrogens (tertiary/aromatic N) is 1. The number of halogens is 4. The van der Waals surface area contributed by atoms with Gasteiger partial charge in [-0.15, -0.1) is 0 Å². The summed E-state index contributed by atoms with van der Waals surface area (Å²) in [6.45, 7) is 2.44. The van der Waals surface area contributed by atoms with Crippen molar-refractivity contribution in [3.8, 4) is 33.6 Å². The molecule has 3 aromatic carbocycles. The Morgan fingerprint density at radius 2 is 0.973 bits per heavy atom. The molecule has 0 spiro atoms. The Kier molecular flexibility index (Phi) is 8.80. The fourth-order valence-electron chi connectivity index (χ4n) is 5.33. The summed E-state index contributed by atoms with van der Waals surface area (Å²) in [4.78, 5) is 0. The molecule has 1 nitrogen and oxygen atoms in total. The molecule has 6 heteroatoms. The molecule has 37 heavy (non-hydrogen) atoms. The van der Waals surface area contributed by atoms with Crippen molar-refractivity contribution in [1.82, 2.24) is 0 Å². The lowest BCUT2D eigenvalue weighted by molar-refractivity contribution is -0.706. The summed E-state index contributed by atoms with van der Waals surface area (Å²) in [6, 6.07) is 37.9. The molecule has 1 saturated carbocycles. The van der Waals surface area contributed by atoms with E-state index >= 15 is 0 Å². The van der Waals surface area contributed by atoms with Gasteiger partial charge >= 0.3 is 7.25 Å². The van der Waals surface area contributed by atoms with Crippen LogP contribution in [0.1, 0.15) is 45.1 Å². The quantitative estimate of drug-likeness (QED) is 0.145. The molecule has 0 aliphatic heterocycles. The molecule has 1 fully saturated rings. The topological polar surface area (TPSA) is 3.88 Å². The van der Waals surface area contributed by atoms with E-state index in [9.17, 15) is 17.3 Å². The predicted octanol–water partition coefficient (Wildman–Crippen LogP) is 9.42. The van der Waals surface area contributed by atoms with Gasteiger partial charge in [-0.25, -0.2) is 0 Å². The summed E-state index contributed by atoms with van der Waals surface area (Å²) in [6.07, 6.45) is 6.77. The molecule has 1 aromatic heterocycles. The smallest absolute Gasteiger partial charge is 0.418 e. The van der Waals surface area contributed by atoms with Crippen LogP contribution in [0.25, 0.3) is 33.6 Å². The van der Waals surface area contributed by atoms with Gasteiger partial charge in [-0.2, -0.15) is 4.57 Å². The summed E-state index contributed by atoms with van der Waals surface area (Å²) in [7, 11) is -6.00. The largest absolute Gasteiger partial charge is 0.673 e. The monoisotopic (exact) mass is 505 g/mol. The summed E-state index contributed by atoms with van der Waals surface area (Å²) in [5.41, 5.74) is 7.72. The van der Waals surface area contributed by atoms with Gasteiger partial charge in [0.15, 0.2) is 6.04 Å². The second-order valence-electron chi connectivity index (χ2n) is 9.62. The third-order valence-electron chi connectivity index (χ3n) is 7.09. The first-order chi connectivity index (χ1) is 17.8. The van der Waals surface area contributed by atoms with E-state index in [2.05, 4.69) is 115 Å². The van der Waals surface area contributed by atoms with Gasteiger partial charge in [0.05, 0.1) is 0 Å². The molecular weight excluding hydrogens is 473 g/mol. The van der Waals surface area contributed by atoms with E-state index < -0.39 is 7.25 Å². The van der Waals surface area contributed by atoms with E-state index in [4.69, 9.17) is 0 Å². The van der Waals surface area contributed by atoms with Gasteiger partial charge in [-0.1, -0.05) is 86.0 Å². The van der Waals surface area contributed by atoms with Crippen LogP contribution in [-0.2, 0) is 0 Å². The molecule has 0 unspecified atom stereocenters.